The first-order valence-electron chi connectivity index (χ1n) is 11.5. The van der Waals surface area contributed by atoms with Crippen LogP contribution in [0, 0.1) is 0 Å². The molecule has 11 heteroatoms. The van der Waals surface area contributed by atoms with Crippen molar-refractivity contribution in [2.75, 3.05) is 11.4 Å². The SMILES string of the molecule is CC(C)c1cccc(Oc2cccc(N(Cc3ccccc3C(F)(F)C(F)(F)F)C[C@@H](O)C(F)(F)F)c2)c1. The normalized spacial score (nSPS) is 13.5. The number of ether oxygens (including phenoxy) is 1. The maximum absolute atomic E-state index is 14.2. The highest BCUT2D eigenvalue weighted by Crippen LogP contribution is 2.45. The van der Waals surface area contributed by atoms with E-state index < -0.39 is 48.6 Å². The van der Waals surface area contributed by atoms with E-state index in [2.05, 4.69) is 0 Å². The Kier molecular flexibility index (Phi) is 8.60. The smallest absolute Gasteiger partial charge is 0.457 e. The zero-order valence-electron chi connectivity index (χ0n) is 20.3. The molecule has 0 unspecified atom stereocenters. The molecule has 0 aliphatic rings. The standard InChI is InChI=1S/C27H25F8NO2/c1-17(2)18-8-5-10-21(13-18)38-22-11-6-9-20(14-22)36(16-24(37)26(30,31)32)15-19-7-3-4-12-23(19)25(28,29)27(33,34)35/h3-14,17,24,37H,15-16H2,1-2H3/t24-/m1/s1. The Morgan fingerprint density at radius 1 is 0.789 bits per heavy atom. The molecule has 0 saturated heterocycles. The van der Waals surface area contributed by atoms with Crippen LogP contribution in [0.15, 0.2) is 72.8 Å². The summed E-state index contributed by atoms with van der Waals surface area (Å²) >= 11 is 0. The number of benzene rings is 3. The van der Waals surface area contributed by atoms with Gasteiger partial charge in [0.05, 0.1) is 6.54 Å². The molecule has 0 spiro atoms. The van der Waals surface area contributed by atoms with Gasteiger partial charge in [-0.1, -0.05) is 56.3 Å². The van der Waals surface area contributed by atoms with Crippen LogP contribution in [0.25, 0.3) is 0 Å². The Balaban J connectivity index is 2.00. The van der Waals surface area contributed by atoms with Crippen LogP contribution in [-0.2, 0) is 12.5 Å². The molecule has 0 saturated carbocycles. The van der Waals surface area contributed by atoms with Gasteiger partial charge < -0.3 is 14.7 Å². The Hall–Kier alpha value is -3.34. The first kappa shape index (κ1) is 29.2. The van der Waals surface area contributed by atoms with Crippen LogP contribution >= 0.6 is 0 Å². The molecule has 0 heterocycles. The molecule has 0 aliphatic carbocycles. The predicted octanol–water partition coefficient (Wildman–Crippen LogP) is 8.19. The van der Waals surface area contributed by atoms with E-state index in [0.29, 0.717) is 11.8 Å². The molecule has 3 aromatic rings. The van der Waals surface area contributed by atoms with Gasteiger partial charge in [0.25, 0.3) is 0 Å². The molecule has 0 amide bonds. The van der Waals surface area contributed by atoms with E-state index in [1.165, 1.54) is 30.3 Å². The predicted molar refractivity (Wildman–Crippen MR) is 127 cm³/mol. The van der Waals surface area contributed by atoms with Gasteiger partial charge in [-0.25, -0.2) is 0 Å². The van der Waals surface area contributed by atoms with Crippen LogP contribution in [-0.4, -0.2) is 30.1 Å². The van der Waals surface area contributed by atoms with Crippen LogP contribution in [0.4, 0.5) is 40.8 Å². The molecule has 206 valence electrons. The zero-order chi connectivity index (χ0) is 28.3. The van der Waals surface area contributed by atoms with Crippen LogP contribution in [0.3, 0.4) is 0 Å². The van der Waals surface area contributed by atoms with Crippen LogP contribution in [0.2, 0.25) is 0 Å². The number of aliphatic hydroxyl groups is 1. The lowest BCUT2D eigenvalue weighted by Crippen LogP contribution is -2.41. The first-order chi connectivity index (χ1) is 17.6. The van der Waals surface area contributed by atoms with E-state index in [0.717, 1.165) is 22.6 Å². The van der Waals surface area contributed by atoms with E-state index >= 15 is 0 Å². The first-order valence-corrected chi connectivity index (χ1v) is 11.5. The van der Waals surface area contributed by atoms with E-state index in [4.69, 9.17) is 4.74 Å². The van der Waals surface area contributed by atoms with E-state index in [-0.39, 0.29) is 17.4 Å². The highest BCUT2D eigenvalue weighted by molar-refractivity contribution is 5.53. The number of nitrogens with zero attached hydrogens (tertiary/aromatic N) is 1. The summed E-state index contributed by atoms with van der Waals surface area (Å²) in [5.41, 5.74) is -0.969. The van der Waals surface area contributed by atoms with Crippen molar-refractivity contribution < 1.29 is 45.0 Å². The fourth-order valence-electron chi connectivity index (χ4n) is 3.71. The second-order valence-corrected chi connectivity index (χ2v) is 8.99. The van der Waals surface area contributed by atoms with E-state index in [1.54, 1.807) is 18.2 Å². The molecule has 3 rings (SSSR count). The van der Waals surface area contributed by atoms with Crippen LogP contribution in [0.1, 0.15) is 36.5 Å². The zero-order valence-corrected chi connectivity index (χ0v) is 20.3. The number of rotatable bonds is 9. The molecule has 3 aromatic carbocycles. The molecule has 1 atom stereocenters. The second-order valence-electron chi connectivity index (χ2n) is 8.99. The minimum absolute atomic E-state index is 0.0101. The van der Waals surface area contributed by atoms with E-state index in [1.807, 2.05) is 19.9 Å². The van der Waals surface area contributed by atoms with Gasteiger partial charge in [-0.2, -0.15) is 35.1 Å². The molecular formula is C27H25F8NO2. The van der Waals surface area contributed by atoms with Crippen LogP contribution < -0.4 is 9.64 Å². The van der Waals surface area contributed by atoms with Gasteiger partial charge in [-0.3, -0.25) is 0 Å². The fourth-order valence-corrected chi connectivity index (χ4v) is 3.71. The Morgan fingerprint density at radius 3 is 2.00 bits per heavy atom. The third kappa shape index (κ3) is 6.94. The summed E-state index contributed by atoms with van der Waals surface area (Å²) in [7, 11) is 0. The van der Waals surface area contributed by atoms with Crippen LogP contribution in [0.5, 0.6) is 11.5 Å². The van der Waals surface area contributed by atoms with Gasteiger partial charge in [0.2, 0.25) is 0 Å². The van der Waals surface area contributed by atoms with Crippen molar-refractivity contribution in [3.63, 3.8) is 0 Å². The number of anilines is 1. The van der Waals surface area contributed by atoms with Gasteiger partial charge in [-0.15, -0.1) is 0 Å². The van der Waals surface area contributed by atoms with Crippen molar-refractivity contribution in [1.82, 2.24) is 0 Å². The number of aliphatic hydroxyl groups excluding tert-OH is 1. The fraction of sp³-hybridized carbons (Fsp3) is 0.333. The largest absolute Gasteiger partial charge is 0.458 e. The molecular weight excluding hydrogens is 522 g/mol. The summed E-state index contributed by atoms with van der Waals surface area (Å²) in [6.45, 7) is 2.05. The summed E-state index contributed by atoms with van der Waals surface area (Å²) in [6.07, 6.45) is -13.9. The summed E-state index contributed by atoms with van der Waals surface area (Å²) in [6, 6.07) is 16.4. The van der Waals surface area contributed by atoms with Crippen molar-refractivity contribution >= 4 is 5.69 Å². The monoisotopic (exact) mass is 547 g/mol. The molecule has 1 N–H and O–H groups in total. The highest BCUT2D eigenvalue weighted by atomic mass is 19.4. The lowest BCUT2D eigenvalue weighted by atomic mass is 10.00. The Labute approximate surface area is 214 Å². The number of hydrogen-bond acceptors (Lipinski definition) is 3. The van der Waals surface area contributed by atoms with Gasteiger partial charge in [-0.05, 0) is 41.3 Å². The number of hydrogen-bond donors (Lipinski definition) is 1. The van der Waals surface area contributed by atoms with Crippen molar-refractivity contribution in [2.24, 2.45) is 0 Å². The van der Waals surface area contributed by atoms with Gasteiger partial charge in [0, 0.05) is 23.9 Å². The summed E-state index contributed by atoms with van der Waals surface area (Å²) in [5, 5.41) is 9.71. The lowest BCUT2D eigenvalue weighted by molar-refractivity contribution is -0.289. The molecule has 0 aliphatic heterocycles. The van der Waals surface area contributed by atoms with Gasteiger partial charge in [0.1, 0.15) is 11.5 Å². The van der Waals surface area contributed by atoms with Crippen molar-refractivity contribution in [1.29, 1.82) is 0 Å². The lowest BCUT2D eigenvalue weighted by Gasteiger charge is -2.30. The quantitative estimate of drug-likeness (QED) is 0.274. The summed E-state index contributed by atoms with van der Waals surface area (Å²) in [5.74, 6) is -4.43. The van der Waals surface area contributed by atoms with Gasteiger partial charge in [0.15, 0.2) is 6.10 Å². The molecule has 0 aromatic heterocycles. The van der Waals surface area contributed by atoms with Gasteiger partial charge >= 0.3 is 18.3 Å². The maximum Gasteiger partial charge on any atom is 0.458 e. The summed E-state index contributed by atoms with van der Waals surface area (Å²) in [4.78, 5) is 0.876. The number of alkyl halides is 8. The Bertz CT molecular complexity index is 1220. The molecule has 38 heavy (non-hydrogen) atoms. The third-order valence-corrected chi connectivity index (χ3v) is 5.79. The minimum Gasteiger partial charge on any atom is -0.457 e. The Morgan fingerprint density at radius 2 is 1.39 bits per heavy atom. The molecule has 3 nitrogen and oxygen atoms in total. The second kappa shape index (κ2) is 11.2. The van der Waals surface area contributed by atoms with E-state index in [9.17, 15) is 40.2 Å². The third-order valence-electron chi connectivity index (χ3n) is 5.79. The molecule has 0 radical (unpaired) electrons. The summed E-state index contributed by atoms with van der Waals surface area (Å²) < 4.78 is 113. The number of halogens is 8. The topological polar surface area (TPSA) is 32.7 Å². The minimum atomic E-state index is -5.92. The van der Waals surface area contributed by atoms with Crippen molar-refractivity contribution in [3.05, 3.63) is 89.5 Å². The maximum atomic E-state index is 14.2. The average molecular weight is 547 g/mol. The van der Waals surface area contributed by atoms with Crippen molar-refractivity contribution in [2.45, 2.75) is 50.7 Å². The molecule has 0 fully saturated rings. The molecule has 0 bridgehead atoms. The highest BCUT2D eigenvalue weighted by Gasteiger charge is 2.59. The average Bonchev–Trinajstić information content (AvgIpc) is 2.83. The van der Waals surface area contributed by atoms with Crippen molar-refractivity contribution in [3.8, 4) is 11.5 Å².